The molecule has 28 heavy (non-hydrogen) atoms. The van der Waals surface area contributed by atoms with Crippen LogP contribution < -0.4 is 9.46 Å². The van der Waals surface area contributed by atoms with Gasteiger partial charge in [-0.25, -0.2) is 4.79 Å². The molecule has 1 aromatic heterocycles. The molecule has 146 valence electrons. The maximum Gasteiger partial charge on any atom is 0.416 e. The van der Waals surface area contributed by atoms with Gasteiger partial charge >= 0.3 is 12.1 Å². The van der Waals surface area contributed by atoms with Gasteiger partial charge in [-0.15, -0.1) is 11.3 Å². The van der Waals surface area contributed by atoms with Gasteiger partial charge in [0.15, 0.2) is 0 Å². The molecule has 0 aliphatic rings. The molecular formula is C19H14F3NO3S2. The molecule has 0 saturated carbocycles. The summed E-state index contributed by atoms with van der Waals surface area (Å²) in [6.07, 6.45) is -4.48. The van der Waals surface area contributed by atoms with Crippen LogP contribution in [0.2, 0.25) is 0 Å². The first-order valence-electron chi connectivity index (χ1n) is 7.89. The van der Waals surface area contributed by atoms with Crippen LogP contribution in [0.4, 0.5) is 18.9 Å². The van der Waals surface area contributed by atoms with Crippen LogP contribution in [0.25, 0.3) is 10.4 Å². The Balaban J connectivity index is 1.97. The first-order valence-corrected chi connectivity index (χ1v) is 9.58. The summed E-state index contributed by atoms with van der Waals surface area (Å²) < 4.78 is 47.6. The Morgan fingerprint density at radius 1 is 1.18 bits per heavy atom. The van der Waals surface area contributed by atoms with Crippen molar-refractivity contribution in [3.8, 4) is 16.2 Å². The second-order valence-electron chi connectivity index (χ2n) is 5.61. The molecule has 3 rings (SSSR count). The zero-order valence-electron chi connectivity index (χ0n) is 14.4. The zero-order chi connectivity index (χ0) is 20.3. The summed E-state index contributed by atoms with van der Waals surface area (Å²) >= 11 is 2.39. The number of nitrogens with one attached hydrogen (secondary N) is 1. The van der Waals surface area contributed by atoms with Gasteiger partial charge in [0, 0.05) is 10.4 Å². The smallest absolute Gasteiger partial charge is 0.416 e. The topological polar surface area (TPSA) is 58.6 Å². The molecule has 0 bridgehead atoms. The van der Waals surface area contributed by atoms with E-state index in [-0.39, 0.29) is 11.3 Å². The van der Waals surface area contributed by atoms with E-state index in [1.165, 1.54) is 42.7 Å². The van der Waals surface area contributed by atoms with Crippen molar-refractivity contribution in [1.29, 1.82) is 0 Å². The number of alkyl halides is 3. The van der Waals surface area contributed by atoms with Crippen molar-refractivity contribution in [3.63, 3.8) is 0 Å². The van der Waals surface area contributed by atoms with Crippen LogP contribution in [0.1, 0.15) is 15.9 Å². The highest BCUT2D eigenvalue weighted by Gasteiger charge is 2.31. The maximum absolute atomic E-state index is 13.1. The lowest BCUT2D eigenvalue weighted by Gasteiger charge is -2.15. The van der Waals surface area contributed by atoms with Gasteiger partial charge in [0.25, 0.3) is 0 Å². The number of rotatable bonds is 6. The molecule has 1 heterocycles. The molecule has 0 radical (unpaired) electrons. The van der Waals surface area contributed by atoms with Crippen LogP contribution in [0.5, 0.6) is 5.75 Å². The number of carboxylic acids is 1. The van der Waals surface area contributed by atoms with E-state index in [1.54, 1.807) is 0 Å². The molecule has 0 spiro atoms. The minimum absolute atomic E-state index is 0.0487. The van der Waals surface area contributed by atoms with Crippen LogP contribution in [0.3, 0.4) is 0 Å². The number of carbonyl (C=O) groups is 1. The summed E-state index contributed by atoms with van der Waals surface area (Å²) in [5.74, 6) is -0.699. The Morgan fingerprint density at radius 3 is 2.57 bits per heavy atom. The molecule has 2 N–H and O–H groups in total. The Kier molecular flexibility index (Phi) is 5.85. The third-order valence-electron chi connectivity index (χ3n) is 3.82. The third kappa shape index (κ3) is 4.42. The molecule has 0 aliphatic carbocycles. The molecule has 3 aromatic rings. The lowest BCUT2D eigenvalue weighted by molar-refractivity contribution is -0.137. The van der Waals surface area contributed by atoms with Gasteiger partial charge in [-0.05, 0) is 53.7 Å². The van der Waals surface area contributed by atoms with Crippen LogP contribution in [0, 0.1) is 0 Å². The Bertz CT molecular complexity index is 989. The number of carboxylic acid groups (broad SMARTS) is 1. The number of aromatic carboxylic acids is 1. The summed E-state index contributed by atoms with van der Waals surface area (Å²) in [6.45, 7) is 0. The second-order valence-corrected chi connectivity index (χ2v) is 7.41. The van der Waals surface area contributed by atoms with E-state index in [0.717, 1.165) is 29.0 Å². The van der Waals surface area contributed by atoms with Crippen molar-refractivity contribution in [2.24, 2.45) is 0 Å². The van der Waals surface area contributed by atoms with E-state index < -0.39 is 17.7 Å². The van der Waals surface area contributed by atoms with E-state index in [1.807, 2.05) is 17.5 Å². The number of thiophene rings is 1. The molecule has 0 aliphatic heterocycles. The highest BCUT2D eigenvalue weighted by Crippen LogP contribution is 2.40. The van der Waals surface area contributed by atoms with E-state index in [4.69, 9.17) is 9.84 Å². The van der Waals surface area contributed by atoms with Crippen LogP contribution >= 0.6 is 23.3 Å². The fourth-order valence-corrected chi connectivity index (χ4v) is 4.04. The molecule has 0 atom stereocenters. The normalized spacial score (nSPS) is 11.3. The second kappa shape index (κ2) is 8.15. The Morgan fingerprint density at radius 2 is 1.96 bits per heavy atom. The minimum atomic E-state index is -4.48. The summed E-state index contributed by atoms with van der Waals surface area (Å²) in [5.41, 5.74) is 0.156. The lowest BCUT2D eigenvalue weighted by Crippen LogP contribution is -2.05. The number of methoxy groups -OCH3 is 1. The Hall–Kier alpha value is -2.65. The summed E-state index contributed by atoms with van der Waals surface area (Å²) in [7, 11) is 1.43. The Labute approximate surface area is 167 Å². The van der Waals surface area contributed by atoms with E-state index in [2.05, 4.69) is 4.72 Å². The zero-order valence-corrected chi connectivity index (χ0v) is 16.0. The molecule has 9 heteroatoms. The maximum atomic E-state index is 13.1. The molecule has 0 amide bonds. The molecule has 0 saturated heterocycles. The third-order valence-corrected chi connectivity index (χ3v) is 5.58. The number of hydrogen-bond acceptors (Lipinski definition) is 5. The predicted molar refractivity (Wildman–Crippen MR) is 104 cm³/mol. The van der Waals surface area contributed by atoms with Gasteiger partial charge in [0.05, 0.1) is 28.8 Å². The van der Waals surface area contributed by atoms with Crippen LogP contribution in [-0.2, 0) is 6.18 Å². The quantitative estimate of drug-likeness (QED) is 0.457. The predicted octanol–water partition coefficient (Wildman–Crippen LogP) is 6.26. The number of benzene rings is 2. The first kappa shape index (κ1) is 20.1. The number of hydrogen-bond donors (Lipinski definition) is 2. The van der Waals surface area contributed by atoms with Crippen molar-refractivity contribution < 1.29 is 27.8 Å². The van der Waals surface area contributed by atoms with Gasteiger partial charge < -0.3 is 14.6 Å². The van der Waals surface area contributed by atoms with Gasteiger partial charge in [-0.3, -0.25) is 0 Å². The van der Waals surface area contributed by atoms with E-state index >= 15 is 0 Å². The highest BCUT2D eigenvalue weighted by atomic mass is 32.2. The lowest BCUT2D eigenvalue weighted by atomic mass is 10.1. The standard InChI is InChI=1S/C19H14F3NO3S2/c1-26-15-7-4-11(18(24)25)9-17(15)28-23-14-10-12(19(20,21)22)5-6-13(14)16-3-2-8-27-16/h2-10,23H,1H3,(H,24,25). The van der Waals surface area contributed by atoms with Crippen molar-refractivity contribution >= 4 is 34.9 Å². The summed E-state index contributed by atoms with van der Waals surface area (Å²) in [4.78, 5) is 12.4. The molecule has 2 aromatic carbocycles. The average Bonchev–Trinajstić information content (AvgIpc) is 3.19. The van der Waals surface area contributed by atoms with Gasteiger partial charge in [-0.2, -0.15) is 13.2 Å². The fraction of sp³-hybridized carbons (Fsp3) is 0.105. The van der Waals surface area contributed by atoms with Crippen LogP contribution in [0.15, 0.2) is 58.8 Å². The molecule has 4 nitrogen and oxygen atoms in total. The van der Waals surface area contributed by atoms with E-state index in [0.29, 0.717) is 16.2 Å². The van der Waals surface area contributed by atoms with Gasteiger partial charge in [0.2, 0.25) is 0 Å². The van der Waals surface area contributed by atoms with E-state index in [9.17, 15) is 18.0 Å². The monoisotopic (exact) mass is 425 g/mol. The first-order chi connectivity index (χ1) is 13.3. The molecule has 0 unspecified atom stereocenters. The van der Waals surface area contributed by atoms with Crippen molar-refractivity contribution in [2.75, 3.05) is 11.8 Å². The minimum Gasteiger partial charge on any atom is -0.496 e. The number of anilines is 1. The van der Waals surface area contributed by atoms with Crippen LogP contribution in [-0.4, -0.2) is 18.2 Å². The average molecular weight is 425 g/mol. The van der Waals surface area contributed by atoms with Crippen molar-refractivity contribution in [3.05, 3.63) is 65.0 Å². The summed E-state index contributed by atoms with van der Waals surface area (Å²) in [5, 5.41) is 11.0. The molecular weight excluding hydrogens is 411 g/mol. The molecule has 0 fully saturated rings. The number of halogens is 3. The van der Waals surface area contributed by atoms with Crippen molar-refractivity contribution in [1.82, 2.24) is 0 Å². The summed E-state index contributed by atoms with van der Waals surface area (Å²) in [6, 6.07) is 11.4. The highest BCUT2D eigenvalue weighted by molar-refractivity contribution is 8.00. The van der Waals surface area contributed by atoms with Gasteiger partial charge in [-0.1, -0.05) is 12.1 Å². The van der Waals surface area contributed by atoms with Gasteiger partial charge in [0.1, 0.15) is 5.75 Å². The van der Waals surface area contributed by atoms with Crippen molar-refractivity contribution in [2.45, 2.75) is 11.1 Å². The fourth-order valence-electron chi connectivity index (χ4n) is 2.45. The number of ether oxygens (including phenoxy) is 1. The largest absolute Gasteiger partial charge is 0.496 e. The SMILES string of the molecule is COc1ccc(C(=O)O)cc1SNc1cc(C(F)(F)F)ccc1-c1cccs1.